The fourth-order valence-electron chi connectivity index (χ4n) is 1.71. The zero-order valence-electron chi connectivity index (χ0n) is 10.6. The number of benzene rings is 2. The van der Waals surface area contributed by atoms with Gasteiger partial charge < -0.3 is 10.4 Å². The van der Waals surface area contributed by atoms with E-state index >= 15 is 0 Å². The van der Waals surface area contributed by atoms with Gasteiger partial charge in [-0.3, -0.25) is 4.79 Å². The van der Waals surface area contributed by atoms with Gasteiger partial charge in [-0.1, -0.05) is 40.2 Å². The number of nitrogens with one attached hydrogen (secondary N) is 1. The molecule has 0 spiro atoms. The summed E-state index contributed by atoms with van der Waals surface area (Å²) in [7, 11) is 0. The molecule has 0 aliphatic carbocycles. The molecular formula is C15H13Br2NO2. The maximum absolute atomic E-state index is 12.1. The average molecular weight is 399 g/mol. The van der Waals surface area contributed by atoms with Crippen LogP contribution in [-0.2, 0) is 13.2 Å². The molecule has 0 aliphatic rings. The minimum atomic E-state index is -0.129. The van der Waals surface area contributed by atoms with E-state index in [0.29, 0.717) is 12.1 Å². The lowest BCUT2D eigenvalue weighted by Crippen LogP contribution is -2.23. The van der Waals surface area contributed by atoms with Crippen LogP contribution < -0.4 is 5.32 Å². The van der Waals surface area contributed by atoms with Crippen molar-refractivity contribution in [2.24, 2.45) is 0 Å². The molecule has 0 unspecified atom stereocenters. The number of carbonyl (C=O) groups is 1. The molecule has 0 saturated heterocycles. The quantitative estimate of drug-likeness (QED) is 0.825. The van der Waals surface area contributed by atoms with Crippen LogP contribution in [0, 0.1) is 0 Å². The highest BCUT2D eigenvalue weighted by atomic mass is 79.9. The molecule has 2 aromatic rings. The number of rotatable bonds is 4. The van der Waals surface area contributed by atoms with Crippen molar-refractivity contribution in [3.05, 3.63) is 68.1 Å². The first-order valence-corrected chi connectivity index (χ1v) is 7.60. The second-order valence-corrected chi connectivity index (χ2v) is 6.05. The third-order valence-electron chi connectivity index (χ3n) is 2.83. The van der Waals surface area contributed by atoms with Crippen LogP contribution in [0.2, 0.25) is 0 Å². The molecule has 2 aromatic carbocycles. The fraction of sp³-hybridized carbons (Fsp3) is 0.133. The minimum Gasteiger partial charge on any atom is -0.392 e. The Hall–Kier alpha value is -1.17. The van der Waals surface area contributed by atoms with Gasteiger partial charge in [0.2, 0.25) is 0 Å². The number of aliphatic hydroxyl groups is 1. The summed E-state index contributed by atoms with van der Waals surface area (Å²) in [5.41, 5.74) is 2.44. The molecule has 0 fully saturated rings. The third kappa shape index (κ3) is 3.91. The van der Waals surface area contributed by atoms with Crippen LogP contribution in [0.4, 0.5) is 0 Å². The van der Waals surface area contributed by atoms with E-state index in [-0.39, 0.29) is 12.5 Å². The number of halogens is 2. The Morgan fingerprint density at radius 1 is 1.05 bits per heavy atom. The number of amides is 1. The number of aliphatic hydroxyl groups excluding tert-OH is 1. The maximum atomic E-state index is 12.1. The van der Waals surface area contributed by atoms with Crippen LogP contribution in [0.25, 0.3) is 0 Å². The summed E-state index contributed by atoms with van der Waals surface area (Å²) in [5, 5.41) is 11.8. The Morgan fingerprint density at radius 2 is 1.70 bits per heavy atom. The Balaban J connectivity index is 2.00. The van der Waals surface area contributed by atoms with E-state index in [4.69, 9.17) is 5.11 Å². The molecule has 0 bridgehead atoms. The van der Waals surface area contributed by atoms with Crippen molar-refractivity contribution in [2.45, 2.75) is 13.2 Å². The van der Waals surface area contributed by atoms with Gasteiger partial charge >= 0.3 is 0 Å². The van der Waals surface area contributed by atoms with E-state index < -0.39 is 0 Å². The molecule has 1 amide bonds. The molecule has 0 aliphatic heterocycles. The SMILES string of the molecule is O=C(NCc1ccc(CO)cc1)c1ccc(Br)cc1Br. The van der Waals surface area contributed by atoms with Gasteiger partial charge in [-0.25, -0.2) is 0 Å². The van der Waals surface area contributed by atoms with Gasteiger partial charge in [0.25, 0.3) is 5.91 Å². The molecule has 2 N–H and O–H groups in total. The first kappa shape index (κ1) is 15.2. The first-order chi connectivity index (χ1) is 9.60. The van der Waals surface area contributed by atoms with Crippen molar-refractivity contribution in [3.63, 3.8) is 0 Å². The Kier molecular flexibility index (Phi) is 5.34. The second kappa shape index (κ2) is 7.02. The topological polar surface area (TPSA) is 49.3 Å². The van der Waals surface area contributed by atoms with Gasteiger partial charge in [0.1, 0.15) is 0 Å². The average Bonchev–Trinajstić information content (AvgIpc) is 2.45. The van der Waals surface area contributed by atoms with E-state index in [1.807, 2.05) is 36.4 Å². The van der Waals surface area contributed by atoms with Gasteiger partial charge in [0, 0.05) is 15.5 Å². The highest BCUT2D eigenvalue weighted by molar-refractivity contribution is 9.11. The summed E-state index contributed by atoms with van der Waals surface area (Å²) in [4.78, 5) is 12.1. The van der Waals surface area contributed by atoms with E-state index in [2.05, 4.69) is 37.2 Å². The summed E-state index contributed by atoms with van der Waals surface area (Å²) in [6.45, 7) is 0.478. The smallest absolute Gasteiger partial charge is 0.252 e. The lowest BCUT2D eigenvalue weighted by molar-refractivity contribution is 0.0950. The summed E-state index contributed by atoms with van der Waals surface area (Å²) in [6.07, 6.45) is 0. The van der Waals surface area contributed by atoms with Crippen molar-refractivity contribution in [3.8, 4) is 0 Å². The number of carbonyl (C=O) groups excluding carboxylic acids is 1. The Bertz CT molecular complexity index is 612. The summed E-state index contributed by atoms with van der Waals surface area (Å²) >= 11 is 6.73. The highest BCUT2D eigenvalue weighted by Gasteiger charge is 2.09. The molecule has 0 saturated carbocycles. The highest BCUT2D eigenvalue weighted by Crippen LogP contribution is 2.21. The molecule has 2 rings (SSSR count). The molecule has 5 heteroatoms. The molecule has 0 aromatic heterocycles. The normalized spacial score (nSPS) is 10.3. The largest absolute Gasteiger partial charge is 0.392 e. The van der Waals surface area contributed by atoms with Gasteiger partial charge in [-0.05, 0) is 45.3 Å². The maximum Gasteiger partial charge on any atom is 0.252 e. The predicted octanol–water partition coefficient (Wildman–Crippen LogP) is 3.63. The molecular weight excluding hydrogens is 386 g/mol. The Labute approximate surface area is 134 Å². The van der Waals surface area contributed by atoms with E-state index in [1.165, 1.54) is 0 Å². The predicted molar refractivity (Wildman–Crippen MR) is 85.4 cm³/mol. The van der Waals surface area contributed by atoms with Crippen molar-refractivity contribution in [1.29, 1.82) is 0 Å². The second-order valence-electron chi connectivity index (χ2n) is 4.28. The number of hydrogen-bond donors (Lipinski definition) is 2. The van der Waals surface area contributed by atoms with Crippen LogP contribution in [0.1, 0.15) is 21.5 Å². The van der Waals surface area contributed by atoms with Crippen molar-refractivity contribution >= 4 is 37.8 Å². The van der Waals surface area contributed by atoms with Gasteiger partial charge in [0.05, 0.1) is 12.2 Å². The van der Waals surface area contributed by atoms with Crippen molar-refractivity contribution in [2.75, 3.05) is 0 Å². The standard InChI is InChI=1S/C15H13Br2NO2/c16-12-5-6-13(14(17)7-12)15(20)18-8-10-1-3-11(9-19)4-2-10/h1-7,19H,8-9H2,(H,18,20). The number of hydrogen-bond acceptors (Lipinski definition) is 2. The first-order valence-electron chi connectivity index (χ1n) is 6.02. The van der Waals surface area contributed by atoms with Gasteiger partial charge in [-0.2, -0.15) is 0 Å². The van der Waals surface area contributed by atoms with E-state index in [0.717, 1.165) is 20.1 Å². The van der Waals surface area contributed by atoms with Crippen molar-refractivity contribution in [1.82, 2.24) is 5.32 Å². The molecule has 0 heterocycles. The van der Waals surface area contributed by atoms with Crippen LogP contribution in [0.3, 0.4) is 0 Å². The lowest BCUT2D eigenvalue weighted by Gasteiger charge is -2.08. The van der Waals surface area contributed by atoms with Crippen LogP contribution >= 0.6 is 31.9 Å². The molecule has 0 radical (unpaired) electrons. The minimum absolute atomic E-state index is 0.0263. The van der Waals surface area contributed by atoms with E-state index in [9.17, 15) is 4.79 Å². The van der Waals surface area contributed by atoms with Crippen LogP contribution in [0.5, 0.6) is 0 Å². The zero-order valence-corrected chi connectivity index (χ0v) is 13.7. The van der Waals surface area contributed by atoms with Gasteiger partial charge in [0.15, 0.2) is 0 Å². The summed E-state index contributed by atoms with van der Waals surface area (Å²) in [6, 6.07) is 12.9. The third-order valence-corrected chi connectivity index (χ3v) is 3.98. The molecule has 20 heavy (non-hydrogen) atoms. The van der Waals surface area contributed by atoms with Crippen LogP contribution in [-0.4, -0.2) is 11.0 Å². The molecule has 0 atom stereocenters. The molecule has 104 valence electrons. The van der Waals surface area contributed by atoms with Crippen LogP contribution in [0.15, 0.2) is 51.4 Å². The lowest BCUT2D eigenvalue weighted by atomic mass is 10.1. The van der Waals surface area contributed by atoms with E-state index in [1.54, 1.807) is 6.07 Å². The van der Waals surface area contributed by atoms with Gasteiger partial charge in [-0.15, -0.1) is 0 Å². The zero-order chi connectivity index (χ0) is 14.5. The summed E-state index contributed by atoms with van der Waals surface area (Å²) < 4.78 is 1.67. The monoisotopic (exact) mass is 397 g/mol. The summed E-state index contributed by atoms with van der Waals surface area (Å²) in [5.74, 6) is -0.129. The van der Waals surface area contributed by atoms with Crippen molar-refractivity contribution < 1.29 is 9.90 Å². The Morgan fingerprint density at radius 3 is 2.30 bits per heavy atom. The molecule has 3 nitrogen and oxygen atoms in total. The fourth-order valence-corrected chi connectivity index (χ4v) is 2.94.